The van der Waals surface area contributed by atoms with Crippen LogP contribution in [0.15, 0.2) is 72.8 Å². The third-order valence-corrected chi connectivity index (χ3v) is 4.78. The van der Waals surface area contributed by atoms with Gasteiger partial charge in [-0.1, -0.05) is 42.5 Å². The molecule has 1 heterocycles. The summed E-state index contributed by atoms with van der Waals surface area (Å²) >= 11 is 0. The summed E-state index contributed by atoms with van der Waals surface area (Å²) in [6.45, 7) is 0. The number of likely N-dealkylation sites (N-methyl/N-ethyl adjacent to an activating group) is 1. The third kappa shape index (κ3) is 3.93. The lowest BCUT2D eigenvalue weighted by Gasteiger charge is -2.12. The van der Waals surface area contributed by atoms with E-state index in [4.69, 9.17) is 21.1 Å². The Kier molecular flexibility index (Phi) is 5.18. The second-order valence-electron chi connectivity index (χ2n) is 6.71. The van der Waals surface area contributed by atoms with Crippen molar-refractivity contribution in [1.29, 1.82) is 5.41 Å². The number of anilines is 3. The molecule has 2 aromatic carbocycles. The molecule has 1 aliphatic carbocycles. The van der Waals surface area contributed by atoms with Gasteiger partial charge in [0.1, 0.15) is 5.82 Å². The molecule has 144 valence electrons. The molecule has 0 radical (unpaired) electrons. The van der Waals surface area contributed by atoms with E-state index in [0.29, 0.717) is 22.9 Å². The molecule has 1 unspecified atom stereocenters. The zero-order valence-corrected chi connectivity index (χ0v) is 16.1. The Morgan fingerprint density at radius 3 is 2.79 bits per heavy atom. The first-order valence-corrected chi connectivity index (χ1v) is 9.36. The Bertz CT molecular complexity index is 1160. The lowest BCUT2D eigenvalue weighted by Crippen LogP contribution is -2.19. The van der Waals surface area contributed by atoms with Crippen LogP contribution in [0.25, 0.3) is 16.5 Å². The van der Waals surface area contributed by atoms with Gasteiger partial charge in [0.05, 0.1) is 5.52 Å². The van der Waals surface area contributed by atoms with Gasteiger partial charge >= 0.3 is 0 Å². The number of para-hydroxylation sites is 1. The van der Waals surface area contributed by atoms with Gasteiger partial charge in [-0.2, -0.15) is 0 Å². The number of rotatable bonds is 5. The number of nitrogens with zero attached hydrogens (tertiary/aromatic N) is 2. The van der Waals surface area contributed by atoms with Crippen LogP contribution < -0.4 is 16.4 Å². The van der Waals surface area contributed by atoms with Crippen molar-refractivity contribution in [3.05, 3.63) is 84.2 Å². The van der Waals surface area contributed by atoms with Gasteiger partial charge in [-0.05, 0) is 37.4 Å². The number of nitrogens with one attached hydrogen (secondary N) is 3. The molecule has 0 fully saturated rings. The van der Waals surface area contributed by atoms with Gasteiger partial charge in [-0.25, -0.2) is 9.97 Å². The fraction of sp³-hybridized carbons (Fsp3) is 0.0870. The van der Waals surface area contributed by atoms with E-state index < -0.39 is 0 Å². The first-order chi connectivity index (χ1) is 14.2. The second-order valence-corrected chi connectivity index (χ2v) is 6.71. The molecule has 6 heteroatoms. The molecular formula is C23H22N6. The minimum absolute atomic E-state index is 0.177. The van der Waals surface area contributed by atoms with E-state index in [2.05, 4.69) is 22.8 Å². The maximum Gasteiger partial charge on any atom is 0.162 e. The minimum Gasteiger partial charge on any atom is -0.398 e. The Morgan fingerprint density at radius 1 is 1.10 bits per heavy atom. The summed E-state index contributed by atoms with van der Waals surface area (Å²) < 4.78 is 0. The van der Waals surface area contributed by atoms with Crippen LogP contribution in [0.4, 0.5) is 17.2 Å². The van der Waals surface area contributed by atoms with Crippen LogP contribution in [0, 0.1) is 5.41 Å². The number of allylic oxidation sites excluding steroid dienone is 4. The first kappa shape index (κ1) is 18.6. The molecule has 0 bridgehead atoms. The van der Waals surface area contributed by atoms with Gasteiger partial charge in [0.15, 0.2) is 5.82 Å². The Morgan fingerprint density at radius 2 is 1.97 bits per heavy atom. The van der Waals surface area contributed by atoms with Gasteiger partial charge in [0, 0.05) is 40.2 Å². The standard InChI is InChI=1S/C23H22N6/c1-26-17-6-4-5-15(9-10-17)22-28-21-8-3-2-7-19(21)23(29-22)27-18-11-12-20(25)16(13-18)14-24/h2-14,17,24,26H,25H2,1H3,(H,27,28,29). The van der Waals surface area contributed by atoms with Crippen LogP contribution in [0.3, 0.4) is 0 Å². The van der Waals surface area contributed by atoms with Crippen molar-refractivity contribution >= 4 is 39.9 Å². The summed E-state index contributed by atoms with van der Waals surface area (Å²) in [7, 11) is 1.92. The van der Waals surface area contributed by atoms with E-state index in [9.17, 15) is 0 Å². The van der Waals surface area contributed by atoms with Crippen molar-refractivity contribution < 1.29 is 0 Å². The molecule has 3 aromatic rings. The Balaban J connectivity index is 1.79. The molecule has 0 saturated carbocycles. The average Bonchev–Trinajstić information content (AvgIpc) is 3.00. The molecule has 1 atom stereocenters. The van der Waals surface area contributed by atoms with E-state index in [1.54, 1.807) is 6.07 Å². The van der Waals surface area contributed by atoms with E-state index in [0.717, 1.165) is 22.2 Å². The zero-order valence-electron chi connectivity index (χ0n) is 16.1. The van der Waals surface area contributed by atoms with E-state index in [1.165, 1.54) is 6.21 Å². The number of benzene rings is 2. The topological polar surface area (TPSA) is 99.7 Å². The van der Waals surface area contributed by atoms with Crippen molar-refractivity contribution in [1.82, 2.24) is 15.3 Å². The smallest absolute Gasteiger partial charge is 0.162 e. The van der Waals surface area contributed by atoms with E-state index >= 15 is 0 Å². The molecule has 0 saturated heterocycles. The van der Waals surface area contributed by atoms with Crippen LogP contribution in [0.2, 0.25) is 0 Å². The van der Waals surface area contributed by atoms with Gasteiger partial charge in [0.25, 0.3) is 0 Å². The summed E-state index contributed by atoms with van der Waals surface area (Å²) in [5, 5.41) is 15.0. The molecule has 5 N–H and O–H groups in total. The van der Waals surface area contributed by atoms with Gasteiger partial charge in [-0.3, -0.25) is 0 Å². The SMILES string of the molecule is CNC1C=CC=C(c2nc(Nc3ccc(N)c(C=N)c3)c3ccccc3n2)C=C1. The largest absolute Gasteiger partial charge is 0.398 e. The quantitative estimate of drug-likeness (QED) is 0.394. The van der Waals surface area contributed by atoms with Crippen molar-refractivity contribution in [2.45, 2.75) is 6.04 Å². The summed E-state index contributed by atoms with van der Waals surface area (Å²) in [4.78, 5) is 9.57. The maximum absolute atomic E-state index is 7.53. The van der Waals surface area contributed by atoms with Crippen molar-refractivity contribution in [3.63, 3.8) is 0 Å². The highest BCUT2D eigenvalue weighted by Crippen LogP contribution is 2.27. The average molecular weight is 382 g/mol. The number of nitrogens with two attached hydrogens (primary N) is 1. The lowest BCUT2D eigenvalue weighted by atomic mass is 10.1. The summed E-state index contributed by atoms with van der Waals surface area (Å²) in [5.41, 5.74) is 9.74. The van der Waals surface area contributed by atoms with Crippen LogP contribution in [-0.2, 0) is 0 Å². The number of aromatic nitrogens is 2. The molecule has 1 aromatic heterocycles. The predicted molar refractivity (Wildman–Crippen MR) is 121 cm³/mol. The number of nitrogen functional groups attached to an aromatic ring is 1. The first-order valence-electron chi connectivity index (χ1n) is 9.36. The van der Waals surface area contributed by atoms with Gasteiger partial charge < -0.3 is 21.8 Å². The molecule has 0 amide bonds. The molecule has 0 aliphatic heterocycles. The van der Waals surface area contributed by atoms with Crippen LogP contribution in [0.5, 0.6) is 0 Å². The molecule has 0 spiro atoms. The summed E-state index contributed by atoms with van der Waals surface area (Å²) in [6, 6.07) is 13.6. The molecule has 1 aliphatic rings. The van der Waals surface area contributed by atoms with Crippen LogP contribution in [0.1, 0.15) is 11.4 Å². The Hall–Kier alpha value is -3.77. The lowest BCUT2D eigenvalue weighted by molar-refractivity contribution is 0.791. The number of fused-ring (bicyclic) bond motifs is 1. The zero-order chi connectivity index (χ0) is 20.2. The normalized spacial score (nSPS) is 15.8. The molecule has 4 rings (SSSR count). The summed E-state index contributed by atoms with van der Waals surface area (Å²) in [5.74, 6) is 1.35. The number of hydrogen-bond acceptors (Lipinski definition) is 6. The van der Waals surface area contributed by atoms with Gasteiger partial charge in [0.2, 0.25) is 0 Å². The van der Waals surface area contributed by atoms with Crippen LogP contribution >= 0.6 is 0 Å². The monoisotopic (exact) mass is 382 g/mol. The van der Waals surface area contributed by atoms with Crippen LogP contribution in [-0.4, -0.2) is 29.3 Å². The molecule has 29 heavy (non-hydrogen) atoms. The number of hydrogen-bond donors (Lipinski definition) is 4. The maximum atomic E-state index is 7.53. The molecule has 6 nitrogen and oxygen atoms in total. The third-order valence-electron chi connectivity index (χ3n) is 4.78. The van der Waals surface area contributed by atoms with Crippen molar-refractivity contribution in [3.8, 4) is 0 Å². The van der Waals surface area contributed by atoms with Crippen molar-refractivity contribution in [2.75, 3.05) is 18.1 Å². The fourth-order valence-electron chi connectivity index (χ4n) is 3.16. The highest BCUT2D eigenvalue weighted by molar-refractivity contribution is 5.93. The van der Waals surface area contributed by atoms with E-state index in [-0.39, 0.29) is 6.04 Å². The van der Waals surface area contributed by atoms with Crippen molar-refractivity contribution in [2.24, 2.45) is 0 Å². The summed E-state index contributed by atoms with van der Waals surface area (Å²) in [6.07, 6.45) is 11.5. The van der Waals surface area contributed by atoms with Gasteiger partial charge in [-0.15, -0.1) is 0 Å². The highest BCUT2D eigenvalue weighted by Gasteiger charge is 2.12. The molecular weight excluding hydrogens is 360 g/mol. The minimum atomic E-state index is 0.177. The highest BCUT2D eigenvalue weighted by atomic mass is 15.0. The second kappa shape index (κ2) is 8.08. The van der Waals surface area contributed by atoms with E-state index in [1.807, 2.05) is 61.7 Å². The predicted octanol–water partition coefficient (Wildman–Crippen LogP) is 4.05. The fourth-order valence-corrected chi connectivity index (χ4v) is 3.16. The Labute approximate surface area is 169 Å².